The molecule has 6 nitrogen and oxygen atoms in total. The molecule has 1 aliphatic carbocycles. The van der Waals surface area contributed by atoms with Gasteiger partial charge in [0.15, 0.2) is 5.76 Å². The van der Waals surface area contributed by atoms with E-state index in [4.69, 9.17) is 9.15 Å². The van der Waals surface area contributed by atoms with Crippen molar-refractivity contribution in [3.05, 3.63) is 47.2 Å². The van der Waals surface area contributed by atoms with E-state index in [0.717, 1.165) is 74.5 Å². The molecule has 0 aromatic carbocycles. The molecule has 2 aromatic heterocycles. The molecule has 0 unspecified atom stereocenters. The second kappa shape index (κ2) is 9.65. The van der Waals surface area contributed by atoms with Crippen LogP contribution in [0.2, 0.25) is 0 Å². The highest BCUT2D eigenvalue weighted by atomic mass is 16.5. The third-order valence-electron chi connectivity index (χ3n) is 6.30. The third-order valence-corrected chi connectivity index (χ3v) is 6.30. The lowest BCUT2D eigenvalue weighted by Crippen LogP contribution is -2.39. The minimum atomic E-state index is -0.0927. The molecule has 1 aliphatic heterocycles. The van der Waals surface area contributed by atoms with E-state index in [1.54, 1.807) is 6.20 Å². The van der Waals surface area contributed by atoms with Crippen molar-refractivity contribution in [3.63, 3.8) is 0 Å². The van der Waals surface area contributed by atoms with Crippen molar-refractivity contribution in [2.45, 2.75) is 77.5 Å². The quantitative estimate of drug-likeness (QED) is 0.737. The summed E-state index contributed by atoms with van der Waals surface area (Å²) in [5.41, 5.74) is 2.08. The van der Waals surface area contributed by atoms with Crippen LogP contribution in [0.1, 0.15) is 73.0 Å². The first-order valence-corrected chi connectivity index (χ1v) is 11.4. The van der Waals surface area contributed by atoms with Gasteiger partial charge in [-0.05, 0) is 76.7 Å². The second-order valence-corrected chi connectivity index (χ2v) is 8.55. The van der Waals surface area contributed by atoms with E-state index in [9.17, 15) is 4.79 Å². The molecule has 0 radical (unpaired) electrons. The standard InChI is InChI=1S/C24H33N3O3/c1-3-21-18(16-27-13-4-5-14-27)15-23(30-21)24(28)26-19-8-10-20(11-9-19)29-22-7-6-12-25-17(22)2/h6-7,12,15,19-20H,3-5,8-11,13-14,16H2,1-2H3,(H,26,28). The lowest BCUT2D eigenvalue weighted by Gasteiger charge is -2.29. The second-order valence-electron chi connectivity index (χ2n) is 8.55. The fourth-order valence-electron chi connectivity index (χ4n) is 4.55. The van der Waals surface area contributed by atoms with Crippen LogP contribution in [-0.2, 0) is 13.0 Å². The van der Waals surface area contributed by atoms with E-state index in [0.29, 0.717) is 5.76 Å². The van der Waals surface area contributed by atoms with Crippen LogP contribution in [0.4, 0.5) is 0 Å². The Labute approximate surface area is 179 Å². The summed E-state index contributed by atoms with van der Waals surface area (Å²) in [6.45, 7) is 7.21. The zero-order chi connectivity index (χ0) is 20.9. The number of aryl methyl sites for hydroxylation is 2. The molecule has 0 spiro atoms. The molecule has 2 aromatic rings. The van der Waals surface area contributed by atoms with Crippen LogP contribution in [0.5, 0.6) is 5.75 Å². The summed E-state index contributed by atoms with van der Waals surface area (Å²) in [6, 6.07) is 5.99. The number of aromatic nitrogens is 1. The highest BCUT2D eigenvalue weighted by Crippen LogP contribution is 2.26. The molecule has 1 saturated heterocycles. The van der Waals surface area contributed by atoms with E-state index >= 15 is 0 Å². The molecule has 1 N–H and O–H groups in total. The minimum absolute atomic E-state index is 0.0927. The fraction of sp³-hybridized carbons (Fsp3) is 0.583. The predicted molar refractivity (Wildman–Crippen MR) is 116 cm³/mol. The van der Waals surface area contributed by atoms with Crippen LogP contribution in [0, 0.1) is 6.92 Å². The first-order chi connectivity index (χ1) is 14.6. The molecule has 4 rings (SSSR count). The number of rotatable bonds is 7. The number of amides is 1. The number of pyridine rings is 1. The van der Waals surface area contributed by atoms with Gasteiger partial charge in [0, 0.05) is 30.8 Å². The Morgan fingerprint density at radius 1 is 1.27 bits per heavy atom. The van der Waals surface area contributed by atoms with Crippen LogP contribution >= 0.6 is 0 Å². The minimum Gasteiger partial charge on any atom is -0.489 e. The highest BCUT2D eigenvalue weighted by molar-refractivity contribution is 5.92. The number of ether oxygens (including phenoxy) is 1. The van der Waals surface area contributed by atoms with Crippen molar-refractivity contribution >= 4 is 5.91 Å². The van der Waals surface area contributed by atoms with Gasteiger partial charge in [0.1, 0.15) is 11.5 Å². The van der Waals surface area contributed by atoms with E-state index in [1.165, 1.54) is 12.8 Å². The normalized spacial score (nSPS) is 22.2. The van der Waals surface area contributed by atoms with Crippen molar-refractivity contribution in [2.24, 2.45) is 0 Å². The number of hydrogen-bond acceptors (Lipinski definition) is 5. The van der Waals surface area contributed by atoms with Crippen molar-refractivity contribution in [2.75, 3.05) is 13.1 Å². The third kappa shape index (κ3) is 5.04. The van der Waals surface area contributed by atoms with Crippen molar-refractivity contribution in [3.8, 4) is 5.75 Å². The Hall–Kier alpha value is -2.34. The summed E-state index contributed by atoms with van der Waals surface area (Å²) in [7, 11) is 0. The molecule has 162 valence electrons. The largest absolute Gasteiger partial charge is 0.489 e. The van der Waals surface area contributed by atoms with E-state index in [1.807, 2.05) is 25.1 Å². The Kier molecular flexibility index (Phi) is 6.72. The van der Waals surface area contributed by atoms with Gasteiger partial charge in [0.2, 0.25) is 0 Å². The van der Waals surface area contributed by atoms with Crippen LogP contribution in [0.3, 0.4) is 0 Å². The summed E-state index contributed by atoms with van der Waals surface area (Å²) in [5.74, 6) is 2.16. The Morgan fingerprint density at radius 2 is 2.03 bits per heavy atom. The number of hydrogen-bond donors (Lipinski definition) is 1. The van der Waals surface area contributed by atoms with Crippen LogP contribution in [-0.4, -0.2) is 41.0 Å². The summed E-state index contributed by atoms with van der Waals surface area (Å²) in [4.78, 5) is 19.5. The Balaban J connectivity index is 1.29. The number of likely N-dealkylation sites (tertiary alicyclic amines) is 1. The average molecular weight is 412 g/mol. The van der Waals surface area contributed by atoms with Gasteiger partial charge in [-0.25, -0.2) is 0 Å². The molecule has 3 heterocycles. The molecule has 1 amide bonds. The fourth-order valence-corrected chi connectivity index (χ4v) is 4.55. The lowest BCUT2D eigenvalue weighted by molar-refractivity contribution is 0.0865. The molecule has 1 saturated carbocycles. The lowest BCUT2D eigenvalue weighted by atomic mass is 9.93. The smallest absolute Gasteiger partial charge is 0.287 e. The molecule has 0 bridgehead atoms. The van der Waals surface area contributed by atoms with Crippen LogP contribution in [0.15, 0.2) is 28.8 Å². The number of carbonyl (C=O) groups is 1. The van der Waals surface area contributed by atoms with Gasteiger partial charge in [0.25, 0.3) is 5.91 Å². The maximum Gasteiger partial charge on any atom is 0.287 e. The molecular weight excluding hydrogens is 378 g/mol. The van der Waals surface area contributed by atoms with Crippen molar-refractivity contribution in [1.82, 2.24) is 15.2 Å². The number of furan rings is 1. The molecule has 2 fully saturated rings. The van der Waals surface area contributed by atoms with E-state index < -0.39 is 0 Å². The van der Waals surface area contributed by atoms with Gasteiger partial charge in [0.05, 0.1) is 11.8 Å². The van der Waals surface area contributed by atoms with Crippen LogP contribution < -0.4 is 10.1 Å². The predicted octanol–water partition coefficient (Wildman–Crippen LogP) is 4.26. The van der Waals surface area contributed by atoms with Gasteiger partial charge in [-0.1, -0.05) is 6.92 Å². The molecule has 0 atom stereocenters. The first-order valence-electron chi connectivity index (χ1n) is 11.4. The zero-order valence-corrected chi connectivity index (χ0v) is 18.2. The highest BCUT2D eigenvalue weighted by Gasteiger charge is 2.26. The van der Waals surface area contributed by atoms with Crippen molar-refractivity contribution in [1.29, 1.82) is 0 Å². The van der Waals surface area contributed by atoms with Gasteiger partial charge < -0.3 is 14.5 Å². The molecule has 30 heavy (non-hydrogen) atoms. The van der Waals surface area contributed by atoms with E-state index in [-0.39, 0.29) is 18.1 Å². The number of nitrogens with zero attached hydrogens (tertiary/aromatic N) is 2. The van der Waals surface area contributed by atoms with Gasteiger partial charge in [-0.3, -0.25) is 14.7 Å². The molecule has 6 heteroatoms. The van der Waals surface area contributed by atoms with E-state index in [2.05, 4.69) is 22.1 Å². The SMILES string of the molecule is CCc1oc(C(=O)NC2CCC(Oc3cccnc3C)CC2)cc1CN1CCCC1. The zero-order valence-electron chi connectivity index (χ0n) is 18.2. The molecule has 2 aliphatic rings. The van der Waals surface area contributed by atoms with Gasteiger partial charge in [-0.2, -0.15) is 0 Å². The molecular formula is C24H33N3O3. The number of nitrogens with one attached hydrogen (secondary N) is 1. The Bertz CT molecular complexity index is 849. The maximum absolute atomic E-state index is 12.8. The Morgan fingerprint density at radius 3 is 2.73 bits per heavy atom. The number of carbonyl (C=O) groups excluding carboxylic acids is 1. The maximum atomic E-state index is 12.8. The van der Waals surface area contributed by atoms with Gasteiger partial charge >= 0.3 is 0 Å². The average Bonchev–Trinajstić information content (AvgIpc) is 3.41. The van der Waals surface area contributed by atoms with Gasteiger partial charge in [-0.15, -0.1) is 0 Å². The monoisotopic (exact) mass is 411 g/mol. The van der Waals surface area contributed by atoms with Crippen molar-refractivity contribution < 1.29 is 13.9 Å². The summed E-state index contributed by atoms with van der Waals surface area (Å²) < 4.78 is 12.0. The summed E-state index contributed by atoms with van der Waals surface area (Å²) in [6.07, 6.45) is 8.99. The van der Waals surface area contributed by atoms with Crippen LogP contribution in [0.25, 0.3) is 0 Å². The first kappa shape index (κ1) is 20.9. The summed E-state index contributed by atoms with van der Waals surface area (Å²) in [5, 5.41) is 3.18. The summed E-state index contributed by atoms with van der Waals surface area (Å²) >= 11 is 0. The topological polar surface area (TPSA) is 67.6 Å².